The van der Waals surface area contributed by atoms with Crippen LogP contribution < -0.4 is 5.53 Å². The van der Waals surface area contributed by atoms with Crippen LogP contribution >= 0.6 is 0 Å². The first-order valence-corrected chi connectivity index (χ1v) is 9.16. The van der Waals surface area contributed by atoms with E-state index < -0.39 is 24.4 Å². The summed E-state index contributed by atoms with van der Waals surface area (Å²) in [5.74, 6) is 0. The van der Waals surface area contributed by atoms with Gasteiger partial charge in [-0.3, -0.25) is 0 Å². The molecule has 0 bridgehead atoms. The van der Waals surface area contributed by atoms with Gasteiger partial charge in [0.25, 0.3) is 0 Å². The summed E-state index contributed by atoms with van der Waals surface area (Å²) in [7, 11) is 1.01. The third kappa shape index (κ3) is 2.62. The Balaban J connectivity index is 1.78. The molecular formula is C21H15F3N4O2. The minimum atomic E-state index is -4.77. The zero-order valence-electron chi connectivity index (χ0n) is 15.6. The van der Waals surface area contributed by atoms with Gasteiger partial charge < -0.3 is 4.74 Å². The summed E-state index contributed by atoms with van der Waals surface area (Å²) in [5.41, 5.74) is 2.36. The molecule has 5 rings (SSSR count). The highest BCUT2D eigenvalue weighted by atomic mass is 19.4. The third-order valence-corrected chi connectivity index (χ3v) is 5.50. The molecule has 1 N–H and O–H groups in total. The minimum Gasteiger partial charge on any atom is -0.451 e. The number of ether oxygens (including phenoxy) is 1. The molecule has 0 aliphatic carbocycles. The lowest BCUT2D eigenvalue weighted by molar-refractivity contribution is -0.197. The van der Waals surface area contributed by atoms with E-state index in [9.17, 15) is 18.0 Å². The number of nitrogens with zero attached hydrogens (tertiary/aromatic N) is 3. The van der Waals surface area contributed by atoms with Crippen LogP contribution in [0, 0.1) is 0 Å². The smallest absolute Gasteiger partial charge is 0.430 e. The van der Waals surface area contributed by atoms with Crippen molar-refractivity contribution in [3.63, 3.8) is 0 Å². The lowest BCUT2D eigenvalue weighted by Crippen LogP contribution is -2.58. The average Bonchev–Trinajstić information content (AvgIpc) is 2.75. The first-order chi connectivity index (χ1) is 14.4. The van der Waals surface area contributed by atoms with Gasteiger partial charge in [0, 0.05) is 0 Å². The third-order valence-electron chi connectivity index (χ3n) is 5.50. The van der Waals surface area contributed by atoms with Crippen LogP contribution in [0.3, 0.4) is 0 Å². The van der Waals surface area contributed by atoms with Crippen molar-refractivity contribution < 1.29 is 22.7 Å². The van der Waals surface area contributed by atoms with Crippen molar-refractivity contribution in [3.8, 4) is 0 Å². The fourth-order valence-corrected chi connectivity index (χ4v) is 4.23. The molecule has 4 aromatic rings. The molecule has 2 unspecified atom stereocenters. The fraction of sp³-hybridized carbons (Fsp3) is 0.190. The van der Waals surface area contributed by atoms with Crippen molar-refractivity contribution in [1.82, 2.24) is 10.5 Å². The molecule has 6 nitrogen and oxygen atoms in total. The summed E-state index contributed by atoms with van der Waals surface area (Å²) >= 11 is 0. The highest BCUT2D eigenvalue weighted by Crippen LogP contribution is 2.43. The SMILES string of the molecule is COC(=O)N1NN=NC(c2ccc3ccc4cccc5ccc2c3c45)C1C(F)(F)F. The molecule has 1 aliphatic heterocycles. The number of benzene rings is 4. The number of nitrogens with one attached hydrogen (secondary N) is 1. The van der Waals surface area contributed by atoms with Crippen molar-refractivity contribution in [2.24, 2.45) is 10.3 Å². The zero-order chi connectivity index (χ0) is 21.0. The summed E-state index contributed by atoms with van der Waals surface area (Å²) < 4.78 is 46.6. The number of hydrogen-bond acceptors (Lipinski definition) is 5. The Bertz CT molecular complexity index is 1290. The average molecular weight is 412 g/mol. The van der Waals surface area contributed by atoms with Gasteiger partial charge >= 0.3 is 12.3 Å². The van der Waals surface area contributed by atoms with E-state index >= 15 is 0 Å². The van der Waals surface area contributed by atoms with Crippen LogP contribution in [-0.4, -0.2) is 30.4 Å². The number of hydrogen-bond donors (Lipinski definition) is 1. The van der Waals surface area contributed by atoms with Crippen molar-refractivity contribution in [2.45, 2.75) is 18.3 Å². The maximum Gasteiger partial charge on any atom is 0.430 e. The van der Waals surface area contributed by atoms with E-state index in [2.05, 4.69) is 15.1 Å². The molecule has 1 amide bonds. The van der Waals surface area contributed by atoms with Crippen LogP contribution in [0.5, 0.6) is 0 Å². The Morgan fingerprint density at radius 3 is 2.30 bits per heavy atom. The molecular weight excluding hydrogens is 397 g/mol. The second-order valence-electron chi connectivity index (χ2n) is 7.10. The van der Waals surface area contributed by atoms with E-state index in [4.69, 9.17) is 0 Å². The van der Waals surface area contributed by atoms with Gasteiger partial charge in [0.05, 0.1) is 7.11 Å². The van der Waals surface area contributed by atoms with Gasteiger partial charge in [-0.2, -0.15) is 28.8 Å². The van der Waals surface area contributed by atoms with Gasteiger partial charge in [0.15, 0.2) is 6.04 Å². The standard InChI is InChI=1S/C21H15F3N4O2/c1-30-20(29)28-19(21(22,23)24)18(25-26-27-28)15-10-8-13-6-5-11-3-2-4-12-7-9-14(15)17(13)16(11)12/h2-10,18-19H,1H3,(H,25,27). The number of methoxy groups -OCH3 is 1. The first kappa shape index (κ1) is 18.4. The zero-order valence-corrected chi connectivity index (χ0v) is 15.6. The molecule has 0 radical (unpaired) electrons. The van der Waals surface area contributed by atoms with Gasteiger partial charge in [0.1, 0.15) is 6.04 Å². The number of halogens is 3. The second kappa shape index (κ2) is 6.45. The Morgan fingerprint density at radius 1 is 1.00 bits per heavy atom. The molecule has 0 saturated carbocycles. The van der Waals surface area contributed by atoms with E-state index in [1.807, 2.05) is 41.9 Å². The fourth-order valence-electron chi connectivity index (χ4n) is 4.23. The van der Waals surface area contributed by atoms with Gasteiger partial charge in [-0.15, -0.1) is 0 Å². The highest BCUT2D eigenvalue weighted by Gasteiger charge is 2.54. The first-order valence-electron chi connectivity index (χ1n) is 9.16. The molecule has 0 fully saturated rings. The molecule has 1 heterocycles. The molecule has 1 aliphatic rings. The van der Waals surface area contributed by atoms with Crippen LogP contribution in [-0.2, 0) is 4.74 Å². The van der Waals surface area contributed by atoms with Crippen LogP contribution in [0.25, 0.3) is 32.3 Å². The largest absolute Gasteiger partial charge is 0.451 e. The number of amides is 1. The predicted octanol–water partition coefficient (Wildman–Crippen LogP) is 5.51. The summed E-state index contributed by atoms with van der Waals surface area (Å²) in [6.45, 7) is 0. The second-order valence-corrected chi connectivity index (χ2v) is 7.10. The van der Waals surface area contributed by atoms with Crippen molar-refractivity contribution >= 4 is 38.4 Å². The normalized spacial score (nSPS) is 19.5. The van der Waals surface area contributed by atoms with Crippen molar-refractivity contribution in [3.05, 3.63) is 60.2 Å². The molecule has 2 atom stereocenters. The van der Waals surface area contributed by atoms with Gasteiger partial charge in [-0.25, -0.2) is 4.79 Å². The highest BCUT2D eigenvalue weighted by molar-refractivity contribution is 6.23. The predicted molar refractivity (Wildman–Crippen MR) is 105 cm³/mol. The lowest BCUT2D eigenvalue weighted by atomic mass is 9.88. The van der Waals surface area contributed by atoms with Crippen LogP contribution in [0.4, 0.5) is 18.0 Å². The Labute approximate surface area is 168 Å². The molecule has 30 heavy (non-hydrogen) atoms. The molecule has 0 spiro atoms. The molecule has 9 heteroatoms. The number of rotatable bonds is 1. The summed E-state index contributed by atoms with van der Waals surface area (Å²) in [5, 5.41) is 13.1. The van der Waals surface area contributed by atoms with E-state index in [1.165, 1.54) is 0 Å². The summed E-state index contributed by atoms with van der Waals surface area (Å²) in [6, 6.07) is 13.2. The van der Waals surface area contributed by atoms with E-state index in [1.54, 1.807) is 18.2 Å². The quantitative estimate of drug-likeness (QED) is 0.419. The van der Waals surface area contributed by atoms with Crippen LogP contribution in [0.1, 0.15) is 11.6 Å². The number of alkyl halides is 3. The monoisotopic (exact) mass is 412 g/mol. The summed E-state index contributed by atoms with van der Waals surface area (Å²) in [4.78, 5) is 12.0. The lowest BCUT2D eigenvalue weighted by Gasteiger charge is -2.36. The minimum absolute atomic E-state index is 0.329. The van der Waals surface area contributed by atoms with E-state index in [0.29, 0.717) is 16.0 Å². The van der Waals surface area contributed by atoms with Crippen molar-refractivity contribution in [2.75, 3.05) is 7.11 Å². The van der Waals surface area contributed by atoms with E-state index in [-0.39, 0.29) is 0 Å². The maximum absolute atomic E-state index is 14.0. The van der Waals surface area contributed by atoms with Gasteiger partial charge in [-0.1, -0.05) is 59.8 Å². The Kier molecular flexibility index (Phi) is 3.96. The van der Waals surface area contributed by atoms with Crippen LogP contribution in [0.2, 0.25) is 0 Å². The summed E-state index contributed by atoms with van der Waals surface area (Å²) in [6.07, 6.45) is -5.96. The van der Waals surface area contributed by atoms with Gasteiger partial charge in [0.2, 0.25) is 0 Å². The molecule has 0 saturated heterocycles. The Morgan fingerprint density at radius 2 is 1.63 bits per heavy atom. The number of carbonyl (C=O) groups excluding carboxylic acids is 1. The van der Waals surface area contributed by atoms with E-state index in [0.717, 1.165) is 34.0 Å². The molecule has 4 aromatic carbocycles. The van der Waals surface area contributed by atoms with Crippen LogP contribution in [0.15, 0.2) is 64.9 Å². The maximum atomic E-state index is 14.0. The molecule has 0 aromatic heterocycles. The van der Waals surface area contributed by atoms with Crippen molar-refractivity contribution in [1.29, 1.82) is 0 Å². The Hall–Kier alpha value is -3.62. The topological polar surface area (TPSA) is 66.3 Å². The van der Waals surface area contributed by atoms with Gasteiger partial charge in [-0.05, 0) is 37.9 Å². The number of carbonyl (C=O) groups is 1. The number of hydrazine groups is 1. The molecule has 152 valence electrons.